The zero-order chi connectivity index (χ0) is 14.2. The highest BCUT2D eigenvalue weighted by molar-refractivity contribution is 5.39. The Labute approximate surface area is 120 Å². The first kappa shape index (κ1) is 14.6. The van der Waals surface area contributed by atoms with E-state index in [1.807, 2.05) is 31.2 Å². The fraction of sp³-hybridized carbons (Fsp3) is 0.533. The summed E-state index contributed by atoms with van der Waals surface area (Å²) in [5, 5.41) is 12.3. The van der Waals surface area contributed by atoms with Gasteiger partial charge in [0.2, 0.25) is 0 Å². The molecule has 20 heavy (non-hydrogen) atoms. The summed E-state index contributed by atoms with van der Waals surface area (Å²) in [7, 11) is 0. The Balaban J connectivity index is 1.85. The number of benzene rings is 1. The molecule has 0 saturated carbocycles. The predicted octanol–water partition coefficient (Wildman–Crippen LogP) is 1.26. The Morgan fingerprint density at radius 2 is 2.10 bits per heavy atom. The Morgan fingerprint density at radius 1 is 1.35 bits per heavy atom. The SMILES string of the molecule is CCOc1ccccc1OCCN1CCNCC1C#N. The number of hydrogen-bond acceptors (Lipinski definition) is 5. The summed E-state index contributed by atoms with van der Waals surface area (Å²) >= 11 is 0. The molecule has 2 rings (SSSR count). The van der Waals surface area contributed by atoms with Crippen LogP contribution in [0.3, 0.4) is 0 Å². The third-order valence-electron chi connectivity index (χ3n) is 3.29. The number of para-hydroxylation sites is 2. The Kier molecular flexibility index (Phi) is 5.66. The summed E-state index contributed by atoms with van der Waals surface area (Å²) in [5.41, 5.74) is 0. The monoisotopic (exact) mass is 275 g/mol. The molecule has 0 bridgehead atoms. The summed E-state index contributed by atoms with van der Waals surface area (Å²) in [5.74, 6) is 1.53. The van der Waals surface area contributed by atoms with Crippen molar-refractivity contribution in [2.45, 2.75) is 13.0 Å². The van der Waals surface area contributed by atoms with Gasteiger partial charge in [0.15, 0.2) is 11.5 Å². The molecule has 1 aliphatic rings. The maximum Gasteiger partial charge on any atom is 0.161 e. The molecule has 1 fully saturated rings. The average Bonchev–Trinajstić information content (AvgIpc) is 2.50. The normalized spacial score (nSPS) is 19.3. The molecule has 1 N–H and O–H groups in total. The van der Waals surface area contributed by atoms with E-state index in [1.165, 1.54) is 0 Å². The lowest BCUT2D eigenvalue weighted by molar-refractivity contribution is 0.158. The van der Waals surface area contributed by atoms with Crippen LogP contribution >= 0.6 is 0 Å². The molecule has 1 unspecified atom stereocenters. The lowest BCUT2D eigenvalue weighted by Crippen LogP contribution is -2.51. The van der Waals surface area contributed by atoms with Crippen LogP contribution in [-0.2, 0) is 0 Å². The highest BCUT2D eigenvalue weighted by Gasteiger charge is 2.21. The number of rotatable bonds is 6. The number of nitriles is 1. The smallest absolute Gasteiger partial charge is 0.161 e. The second-order valence-electron chi connectivity index (χ2n) is 4.61. The van der Waals surface area contributed by atoms with Crippen LogP contribution in [0.1, 0.15) is 6.92 Å². The Bertz CT molecular complexity index is 459. The third-order valence-corrected chi connectivity index (χ3v) is 3.29. The molecule has 1 aromatic rings. The molecule has 0 aliphatic carbocycles. The van der Waals surface area contributed by atoms with Gasteiger partial charge in [-0.25, -0.2) is 0 Å². The molecule has 108 valence electrons. The molecule has 1 aliphatic heterocycles. The van der Waals surface area contributed by atoms with E-state index >= 15 is 0 Å². The van der Waals surface area contributed by atoms with E-state index in [9.17, 15) is 0 Å². The summed E-state index contributed by atoms with van der Waals surface area (Å²) in [4.78, 5) is 2.15. The predicted molar refractivity (Wildman–Crippen MR) is 76.9 cm³/mol. The van der Waals surface area contributed by atoms with Crippen molar-refractivity contribution in [1.29, 1.82) is 5.26 Å². The fourth-order valence-electron chi connectivity index (χ4n) is 2.26. The first-order valence-electron chi connectivity index (χ1n) is 7.04. The maximum atomic E-state index is 9.10. The van der Waals surface area contributed by atoms with Gasteiger partial charge in [-0.05, 0) is 19.1 Å². The van der Waals surface area contributed by atoms with Crippen molar-refractivity contribution in [2.24, 2.45) is 0 Å². The minimum absolute atomic E-state index is 0.0607. The van der Waals surface area contributed by atoms with Gasteiger partial charge in [-0.2, -0.15) is 5.26 Å². The first-order chi connectivity index (χ1) is 9.85. The molecule has 0 aromatic heterocycles. The largest absolute Gasteiger partial charge is 0.490 e. The van der Waals surface area contributed by atoms with Gasteiger partial charge in [0.1, 0.15) is 12.6 Å². The number of hydrogen-bond donors (Lipinski definition) is 1. The van der Waals surface area contributed by atoms with Crippen molar-refractivity contribution in [3.05, 3.63) is 24.3 Å². The molecular weight excluding hydrogens is 254 g/mol. The lowest BCUT2D eigenvalue weighted by atomic mass is 10.2. The topological polar surface area (TPSA) is 57.5 Å². The minimum Gasteiger partial charge on any atom is -0.490 e. The highest BCUT2D eigenvalue weighted by Crippen LogP contribution is 2.26. The van der Waals surface area contributed by atoms with Gasteiger partial charge >= 0.3 is 0 Å². The molecule has 0 radical (unpaired) electrons. The summed E-state index contributed by atoms with van der Waals surface area (Å²) in [6.07, 6.45) is 0. The van der Waals surface area contributed by atoms with Crippen LogP contribution < -0.4 is 14.8 Å². The number of nitrogens with one attached hydrogen (secondary N) is 1. The van der Waals surface area contributed by atoms with Crippen LogP contribution in [0.5, 0.6) is 11.5 Å². The van der Waals surface area contributed by atoms with E-state index in [1.54, 1.807) is 0 Å². The van der Waals surface area contributed by atoms with Gasteiger partial charge in [0.05, 0.1) is 12.7 Å². The fourth-order valence-corrected chi connectivity index (χ4v) is 2.26. The van der Waals surface area contributed by atoms with Crippen molar-refractivity contribution in [3.8, 4) is 17.6 Å². The Morgan fingerprint density at radius 3 is 2.80 bits per heavy atom. The third kappa shape index (κ3) is 3.86. The van der Waals surface area contributed by atoms with Gasteiger partial charge in [0, 0.05) is 26.2 Å². The average molecular weight is 275 g/mol. The molecular formula is C15H21N3O2. The first-order valence-corrected chi connectivity index (χ1v) is 7.04. The molecule has 5 nitrogen and oxygen atoms in total. The lowest BCUT2D eigenvalue weighted by Gasteiger charge is -2.31. The van der Waals surface area contributed by atoms with E-state index in [-0.39, 0.29) is 6.04 Å². The van der Waals surface area contributed by atoms with Crippen LogP contribution in [0.15, 0.2) is 24.3 Å². The van der Waals surface area contributed by atoms with Crippen LogP contribution in [0, 0.1) is 11.3 Å². The highest BCUT2D eigenvalue weighted by atomic mass is 16.5. The van der Waals surface area contributed by atoms with Gasteiger partial charge in [-0.15, -0.1) is 0 Å². The summed E-state index contributed by atoms with van der Waals surface area (Å²) in [6.45, 7) is 6.42. The zero-order valence-corrected chi connectivity index (χ0v) is 11.8. The van der Waals surface area contributed by atoms with Crippen molar-refractivity contribution >= 4 is 0 Å². The van der Waals surface area contributed by atoms with Crippen molar-refractivity contribution in [2.75, 3.05) is 39.4 Å². The molecule has 1 aromatic carbocycles. The van der Waals surface area contributed by atoms with E-state index in [0.29, 0.717) is 13.2 Å². The van der Waals surface area contributed by atoms with Gasteiger partial charge in [0.25, 0.3) is 0 Å². The van der Waals surface area contributed by atoms with E-state index < -0.39 is 0 Å². The van der Waals surface area contributed by atoms with Crippen LogP contribution in [0.4, 0.5) is 0 Å². The van der Waals surface area contributed by atoms with Gasteiger partial charge in [-0.1, -0.05) is 12.1 Å². The second-order valence-corrected chi connectivity index (χ2v) is 4.61. The summed E-state index contributed by atoms with van der Waals surface area (Å²) < 4.78 is 11.3. The molecule has 1 saturated heterocycles. The van der Waals surface area contributed by atoms with Gasteiger partial charge < -0.3 is 14.8 Å². The van der Waals surface area contributed by atoms with Gasteiger partial charge in [-0.3, -0.25) is 4.90 Å². The van der Waals surface area contributed by atoms with E-state index in [2.05, 4.69) is 16.3 Å². The number of ether oxygens (including phenoxy) is 2. The molecule has 5 heteroatoms. The van der Waals surface area contributed by atoms with Crippen LogP contribution in [-0.4, -0.2) is 50.3 Å². The quantitative estimate of drug-likeness (QED) is 0.847. The van der Waals surface area contributed by atoms with Crippen LogP contribution in [0.25, 0.3) is 0 Å². The van der Waals surface area contributed by atoms with Crippen molar-refractivity contribution in [3.63, 3.8) is 0 Å². The molecule has 1 heterocycles. The maximum absolute atomic E-state index is 9.10. The Hall–Kier alpha value is -1.77. The minimum atomic E-state index is -0.0607. The van der Waals surface area contributed by atoms with E-state index in [0.717, 1.165) is 37.7 Å². The standard InChI is InChI=1S/C15H21N3O2/c1-2-19-14-5-3-4-6-15(14)20-10-9-18-8-7-17-12-13(18)11-16/h3-6,13,17H,2,7-10,12H2,1H3. The van der Waals surface area contributed by atoms with Crippen molar-refractivity contribution < 1.29 is 9.47 Å². The summed E-state index contributed by atoms with van der Waals surface area (Å²) in [6, 6.07) is 9.93. The number of nitrogens with zero attached hydrogens (tertiary/aromatic N) is 2. The molecule has 1 atom stereocenters. The van der Waals surface area contributed by atoms with E-state index in [4.69, 9.17) is 14.7 Å². The molecule has 0 spiro atoms. The van der Waals surface area contributed by atoms with Crippen molar-refractivity contribution in [1.82, 2.24) is 10.2 Å². The van der Waals surface area contributed by atoms with Crippen LogP contribution in [0.2, 0.25) is 0 Å². The number of piperazine rings is 1. The molecule has 0 amide bonds. The zero-order valence-electron chi connectivity index (χ0n) is 11.8. The second kappa shape index (κ2) is 7.73.